The third-order valence-corrected chi connectivity index (χ3v) is 5.30. The fourth-order valence-electron chi connectivity index (χ4n) is 3.14. The van der Waals surface area contributed by atoms with Crippen LogP contribution in [0.3, 0.4) is 0 Å². The second-order valence-corrected chi connectivity index (χ2v) is 7.30. The summed E-state index contributed by atoms with van der Waals surface area (Å²) < 4.78 is 0. The van der Waals surface area contributed by atoms with Crippen LogP contribution in [0.2, 0.25) is 0 Å². The Hall–Kier alpha value is -2.73. The van der Waals surface area contributed by atoms with Crippen molar-refractivity contribution in [3.8, 4) is 0 Å². The quantitative estimate of drug-likeness (QED) is 0.767. The smallest absolute Gasteiger partial charge is 0.228 e. The van der Waals surface area contributed by atoms with Crippen LogP contribution in [-0.4, -0.2) is 27.3 Å². The number of rotatable bonds is 4. The van der Waals surface area contributed by atoms with Gasteiger partial charge in [-0.3, -0.25) is 4.79 Å². The number of anilines is 2. The molecule has 0 aliphatic carbocycles. The van der Waals surface area contributed by atoms with Gasteiger partial charge in [-0.25, -0.2) is 9.97 Å². The number of thiazole rings is 1. The first-order valence-electron chi connectivity index (χ1n) is 8.67. The minimum atomic E-state index is 0.130. The fraction of sp³-hybridized carbons (Fsp3) is 0.250. The number of nitrogens with zero attached hydrogens (tertiary/aromatic N) is 3. The molecule has 1 aromatic carbocycles. The van der Waals surface area contributed by atoms with E-state index in [4.69, 9.17) is 0 Å². The van der Waals surface area contributed by atoms with Crippen LogP contribution in [0.4, 0.5) is 10.9 Å². The van der Waals surface area contributed by atoms with E-state index in [1.165, 1.54) is 22.5 Å². The number of fused-ring (bicyclic) bond motifs is 1. The molecule has 0 saturated heterocycles. The average Bonchev–Trinajstić information content (AvgIpc) is 3.08. The molecule has 0 spiro atoms. The molecular formula is C20H20N4OS. The van der Waals surface area contributed by atoms with Gasteiger partial charge in [-0.15, -0.1) is 11.3 Å². The van der Waals surface area contributed by atoms with Gasteiger partial charge in [0, 0.05) is 24.2 Å². The van der Waals surface area contributed by atoms with Gasteiger partial charge in [-0.1, -0.05) is 30.3 Å². The van der Waals surface area contributed by atoms with Crippen molar-refractivity contribution >= 4 is 28.2 Å². The summed E-state index contributed by atoms with van der Waals surface area (Å²) in [6, 6.07) is 14.2. The molecule has 4 rings (SSSR count). The van der Waals surface area contributed by atoms with Crippen LogP contribution in [0.25, 0.3) is 0 Å². The zero-order valence-corrected chi connectivity index (χ0v) is 15.4. The van der Waals surface area contributed by atoms with Crippen LogP contribution in [0.15, 0.2) is 47.8 Å². The van der Waals surface area contributed by atoms with Gasteiger partial charge in [0.15, 0.2) is 5.13 Å². The first kappa shape index (κ1) is 16.7. The second-order valence-electron chi connectivity index (χ2n) is 6.44. The predicted octanol–water partition coefficient (Wildman–Crippen LogP) is 3.72. The Labute approximate surface area is 156 Å². The molecule has 0 radical (unpaired) electrons. The molecule has 0 bridgehead atoms. The zero-order chi connectivity index (χ0) is 17.9. The van der Waals surface area contributed by atoms with Crippen molar-refractivity contribution in [3.63, 3.8) is 0 Å². The minimum absolute atomic E-state index is 0.130. The standard InChI is InChI=1S/C20H20N4OS/c1-14-5-4-8-18(21-14)23-20-22-17(13-26-20)11-19(25)24-10-9-15-6-2-3-7-16(15)12-24/h2-8,13H,9-12H2,1H3,(H,21,22,23). The SMILES string of the molecule is Cc1cccc(Nc2nc(CC(=O)N3CCc4ccccc4C3)cs2)n1. The maximum absolute atomic E-state index is 12.6. The van der Waals surface area contributed by atoms with E-state index < -0.39 is 0 Å². The van der Waals surface area contributed by atoms with E-state index in [1.807, 2.05) is 41.5 Å². The fourth-order valence-corrected chi connectivity index (χ4v) is 3.86. The molecule has 26 heavy (non-hydrogen) atoms. The molecule has 5 nitrogen and oxygen atoms in total. The van der Waals surface area contributed by atoms with Crippen molar-refractivity contribution < 1.29 is 4.79 Å². The number of pyridine rings is 1. The van der Waals surface area contributed by atoms with Gasteiger partial charge in [0.05, 0.1) is 12.1 Å². The maximum Gasteiger partial charge on any atom is 0.228 e. The van der Waals surface area contributed by atoms with Crippen molar-refractivity contribution in [1.29, 1.82) is 0 Å². The van der Waals surface area contributed by atoms with Crippen LogP contribution < -0.4 is 5.32 Å². The molecule has 0 saturated carbocycles. The van der Waals surface area contributed by atoms with Crippen molar-refractivity contribution in [2.75, 3.05) is 11.9 Å². The van der Waals surface area contributed by atoms with Gasteiger partial charge < -0.3 is 10.2 Å². The number of carbonyl (C=O) groups is 1. The average molecular weight is 364 g/mol. The summed E-state index contributed by atoms with van der Waals surface area (Å²) in [7, 11) is 0. The van der Waals surface area contributed by atoms with Crippen LogP contribution in [-0.2, 0) is 24.2 Å². The normalized spacial score (nSPS) is 13.3. The zero-order valence-electron chi connectivity index (χ0n) is 14.6. The van der Waals surface area contributed by atoms with Crippen LogP contribution in [0.1, 0.15) is 22.5 Å². The minimum Gasteiger partial charge on any atom is -0.338 e. The number of amides is 1. The molecule has 0 fully saturated rings. The Morgan fingerprint density at radius 3 is 2.85 bits per heavy atom. The lowest BCUT2D eigenvalue weighted by Gasteiger charge is -2.28. The van der Waals surface area contributed by atoms with Crippen molar-refractivity contribution in [1.82, 2.24) is 14.9 Å². The first-order valence-corrected chi connectivity index (χ1v) is 9.55. The molecule has 1 aliphatic rings. The molecule has 2 aromatic heterocycles. The molecule has 3 heterocycles. The monoisotopic (exact) mass is 364 g/mol. The number of carbonyl (C=O) groups excluding carboxylic acids is 1. The maximum atomic E-state index is 12.6. The largest absolute Gasteiger partial charge is 0.338 e. The molecular weight excluding hydrogens is 344 g/mol. The summed E-state index contributed by atoms with van der Waals surface area (Å²) in [5, 5.41) is 5.90. The van der Waals surface area contributed by atoms with Gasteiger partial charge >= 0.3 is 0 Å². The molecule has 3 aromatic rings. The van der Waals surface area contributed by atoms with Crippen LogP contribution >= 0.6 is 11.3 Å². The topological polar surface area (TPSA) is 58.1 Å². The Morgan fingerprint density at radius 2 is 2.00 bits per heavy atom. The van der Waals surface area contributed by atoms with E-state index in [0.717, 1.165) is 35.3 Å². The second kappa shape index (κ2) is 7.25. The molecule has 6 heteroatoms. The van der Waals surface area contributed by atoms with E-state index in [-0.39, 0.29) is 5.91 Å². The first-order chi connectivity index (χ1) is 12.7. The summed E-state index contributed by atoms with van der Waals surface area (Å²) in [5.41, 5.74) is 4.35. The Bertz CT molecular complexity index is 937. The van der Waals surface area contributed by atoms with Crippen molar-refractivity contribution in [2.24, 2.45) is 0 Å². The van der Waals surface area contributed by atoms with E-state index in [1.54, 1.807) is 0 Å². The highest BCUT2D eigenvalue weighted by molar-refractivity contribution is 7.13. The number of benzene rings is 1. The highest BCUT2D eigenvalue weighted by Gasteiger charge is 2.21. The lowest BCUT2D eigenvalue weighted by Crippen LogP contribution is -2.36. The van der Waals surface area contributed by atoms with Crippen LogP contribution in [0.5, 0.6) is 0 Å². The number of hydrogen-bond acceptors (Lipinski definition) is 5. The molecule has 1 N–H and O–H groups in total. The van der Waals surface area contributed by atoms with E-state index in [9.17, 15) is 4.79 Å². The Kier molecular flexibility index (Phi) is 4.67. The Balaban J connectivity index is 1.39. The third-order valence-electron chi connectivity index (χ3n) is 4.49. The summed E-state index contributed by atoms with van der Waals surface area (Å²) in [6.45, 7) is 3.42. The lowest BCUT2D eigenvalue weighted by atomic mass is 10.00. The predicted molar refractivity (Wildman–Crippen MR) is 104 cm³/mol. The summed E-state index contributed by atoms with van der Waals surface area (Å²) >= 11 is 1.49. The van der Waals surface area contributed by atoms with Gasteiger partial charge in [0.25, 0.3) is 0 Å². The number of nitrogens with one attached hydrogen (secondary N) is 1. The molecule has 132 valence electrons. The van der Waals surface area contributed by atoms with E-state index in [2.05, 4.69) is 33.5 Å². The summed E-state index contributed by atoms with van der Waals surface area (Å²) in [6.07, 6.45) is 1.26. The van der Waals surface area contributed by atoms with Crippen molar-refractivity contribution in [3.05, 3.63) is 70.4 Å². The number of aromatic nitrogens is 2. The van der Waals surface area contributed by atoms with Gasteiger partial charge in [0.1, 0.15) is 5.82 Å². The van der Waals surface area contributed by atoms with E-state index >= 15 is 0 Å². The molecule has 1 amide bonds. The number of hydrogen-bond donors (Lipinski definition) is 1. The highest BCUT2D eigenvalue weighted by Crippen LogP contribution is 2.22. The molecule has 1 aliphatic heterocycles. The third kappa shape index (κ3) is 3.75. The van der Waals surface area contributed by atoms with Gasteiger partial charge in [-0.05, 0) is 36.6 Å². The Morgan fingerprint density at radius 1 is 1.15 bits per heavy atom. The summed E-state index contributed by atoms with van der Waals surface area (Å²) in [5.74, 6) is 0.898. The highest BCUT2D eigenvalue weighted by atomic mass is 32.1. The van der Waals surface area contributed by atoms with Crippen LogP contribution in [0, 0.1) is 6.92 Å². The summed E-state index contributed by atoms with van der Waals surface area (Å²) in [4.78, 5) is 23.5. The number of aryl methyl sites for hydroxylation is 1. The van der Waals surface area contributed by atoms with Gasteiger partial charge in [0.2, 0.25) is 5.91 Å². The van der Waals surface area contributed by atoms with Gasteiger partial charge in [-0.2, -0.15) is 0 Å². The van der Waals surface area contributed by atoms with E-state index in [0.29, 0.717) is 13.0 Å². The molecule has 0 unspecified atom stereocenters. The van der Waals surface area contributed by atoms with Crippen molar-refractivity contribution in [2.45, 2.75) is 26.3 Å². The molecule has 0 atom stereocenters. The lowest BCUT2D eigenvalue weighted by molar-refractivity contribution is -0.131.